The van der Waals surface area contributed by atoms with E-state index >= 15 is 0 Å². The summed E-state index contributed by atoms with van der Waals surface area (Å²) in [6.45, 7) is 1.98. The molecule has 0 N–H and O–H groups in total. The fraction of sp³-hybridized carbons (Fsp3) is 0.143. The maximum absolute atomic E-state index is 12.9. The Balaban J connectivity index is 1.94. The van der Waals surface area contributed by atoms with E-state index in [9.17, 15) is 9.59 Å². The highest BCUT2D eigenvalue weighted by atomic mass is 32.2. The normalized spacial score (nSPS) is 10.6. The molecule has 0 radical (unpaired) electrons. The Kier molecular flexibility index (Phi) is 5.59. The number of carbonyl (C=O) groups is 2. The highest BCUT2D eigenvalue weighted by Gasteiger charge is 2.21. The molecular weight excluding hydrogens is 364 g/mol. The van der Waals surface area contributed by atoms with Crippen LogP contribution in [-0.4, -0.2) is 24.9 Å². The molecule has 0 aliphatic rings. The van der Waals surface area contributed by atoms with Crippen LogP contribution in [-0.2, 0) is 0 Å². The molecule has 5 heteroatoms. The van der Waals surface area contributed by atoms with E-state index in [1.807, 2.05) is 37.4 Å². The lowest BCUT2D eigenvalue weighted by atomic mass is 10.0. The van der Waals surface area contributed by atoms with Gasteiger partial charge in [0.15, 0.2) is 5.78 Å². The number of rotatable bonds is 6. The van der Waals surface area contributed by atoms with Crippen LogP contribution in [0.3, 0.4) is 0 Å². The molecule has 0 saturated heterocycles. The summed E-state index contributed by atoms with van der Waals surface area (Å²) in [5, 5.41) is 0. The SMILES string of the molecule is COc1ccc(C(=O)c2cc(C(=O)c3ccc(C)cc3)sc2SC)cc1. The molecule has 0 spiro atoms. The lowest BCUT2D eigenvalue weighted by molar-refractivity contribution is 0.103. The molecule has 1 heterocycles. The molecule has 3 aromatic rings. The van der Waals surface area contributed by atoms with E-state index in [1.54, 1.807) is 37.4 Å². The highest BCUT2D eigenvalue weighted by Crippen LogP contribution is 2.33. The zero-order chi connectivity index (χ0) is 18.7. The van der Waals surface area contributed by atoms with E-state index in [2.05, 4.69) is 0 Å². The number of ketones is 2. The van der Waals surface area contributed by atoms with Crippen molar-refractivity contribution in [2.75, 3.05) is 13.4 Å². The van der Waals surface area contributed by atoms with E-state index in [1.165, 1.54) is 23.1 Å². The van der Waals surface area contributed by atoms with Gasteiger partial charge in [-0.05, 0) is 43.5 Å². The summed E-state index contributed by atoms with van der Waals surface area (Å²) in [5.74, 6) is 0.558. The molecule has 0 unspecified atom stereocenters. The first-order valence-electron chi connectivity index (χ1n) is 8.01. The van der Waals surface area contributed by atoms with Gasteiger partial charge in [0.2, 0.25) is 5.78 Å². The molecule has 0 bridgehead atoms. The molecule has 0 saturated carbocycles. The lowest BCUT2D eigenvalue weighted by Gasteiger charge is -2.03. The number of aryl methyl sites for hydroxylation is 1. The van der Waals surface area contributed by atoms with Crippen molar-refractivity contribution in [2.45, 2.75) is 11.1 Å². The molecule has 3 nitrogen and oxygen atoms in total. The fourth-order valence-electron chi connectivity index (χ4n) is 2.54. The summed E-state index contributed by atoms with van der Waals surface area (Å²) in [4.78, 5) is 26.2. The minimum absolute atomic E-state index is 0.0564. The number of hydrogen-bond donors (Lipinski definition) is 0. The molecule has 0 aliphatic heterocycles. The van der Waals surface area contributed by atoms with E-state index in [-0.39, 0.29) is 11.6 Å². The second-order valence-corrected chi connectivity index (χ2v) is 7.90. The Labute approximate surface area is 161 Å². The minimum atomic E-state index is -0.0868. The Hall–Kier alpha value is -2.37. The second kappa shape index (κ2) is 7.89. The van der Waals surface area contributed by atoms with Gasteiger partial charge in [-0.25, -0.2) is 0 Å². The van der Waals surface area contributed by atoms with Gasteiger partial charge in [0.05, 0.1) is 16.2 Å². The van der Waals surface area contributed by atoms with Crippen LogP contribution in [0.1, 0.15) is 36.7 Å². The third-order valence-electron chi connectivity index (χ3n) is 4.02. The summed E-state index contributed by atoms with van der Waals surface area (Å²) in [6, 6.07) is 16.2. The number of benzene rings is 2. The summed E-state index contributed by atoms with van der Waals surface area (Å²) in [7, 11) is 1.59. The van der Waals surface area contributed by atoms with Gasteiger partial charge in [-0.2, -0.15) is 0 Å². The second-order valence-electron chi connectivity index (χ2n) is 5.77. The number of thioether (sulfide) groups is 1. The Morgan fingerprint density at radius 2 is 1.50 bits per heavy atom. The van der Waals surface area contributed by atoms with Crippen molar-refractivity contribution in [1.29, 1.82) is 0 Å². The molecule has 0 aliphatic carbocycles. The van der Waals surface area contributed by atoms with Crippen molar-refractivity contribution in [3.05, 3.63) is 81.7 Å². The van der Waals surface area contributed by atoms with Crippen LogP contribution in [0.15, 0.2) is 58.8 Å². The predicted octanol–water partition coefficient (Wildman–Crippen LogP) is 5.25. The topological polar surface area (TPSA) is 43.4 Å². The predicted molar refractivity (Wildman–Crippen MR) is 107 cm³/mol. The molecular formula is C21H18O3S2. The lowest BCUT2D eigenvalue weighted by Crippen LogP contribution is -2.02. The number of thiophene rings is 1. The van der Waals surface area contributed by atoms with Crippen LogP contribution in [0.2, 0.25) is 0 Å². The van der Waals surface area contributed by atoms with Crippen molar-refractivity contribution in [2.24, 2.45) is 0 Å². The van der Waals surface area contributed by atoms with Crippen LogP contribution in [0, 0.1) is 6.92 Å². The average Bonchev–Trinajstić information content (AvgIpc) is 3.12. The molecule has 0 fully saturated rings. The van der Waals surface area contributed by atoms with Gasteiger partial charge in [-0.3, -0.25) is 9.59 Å². The number of hydrogen-bond acceptors (Lipinski definition) is 5. The number of ether oxygens (including phenoxy) is 1. The van der Waals surface area contributed by atoms with Crippen molar-refractivity contribution in [3.8, 4) is 5.75 Å². The van der Waals surface area contributed by atoms with Crippen molar-refractivity contribution in [3.63, 3.8) is 0 Å². The summed E-state index contributed by atoms with van der Waals surface area (Å²) < 4.78 is 5.98. The fourth-order valence-corrected chi connectivity index (χ4v) is 4.36. The highest BCUT2D eigenvalue weighted by molar-refractivity contribution is 8.00. The summed E-state index contributed by atoms with van der Waals surface area (Å²) in [6.07, 6.45) is 1.91. The monoisotopic (exact) mass is 382 g/mol. The molecule has 26 heavy (non-hydrogen) atoms. The van der Waals surface area contributed by atoms with Crippen molar-refractivity contribution >= 4 is 34.7 Å². The van der Waals surface area contributed by atoms with Gasteiger partial charge in [-0.15, -0.1) is 23.1 Å². The first kappa shape index (κ1) is 18.4. The molecule has 0 atom stereocenters. The maximum Gasteiger partial charge on any atom is 0.203 e. The molecule has 1 aromatic heterocycles. The zero-order valence-corrected chi connectivity index (χ0v) is 16.4. The maximum atomic E-state index is 12.9. The van der Waals surface area contributed by atoms with Gasteiger partial charge in [-0.1, -0.05) is 29.8 Å². The smallest absolute Gasteiger partial charge is 0.203 e. The van der Waals surface area contributed by atoms with Crippen LogP contribution in [0.25, 0.3) is 0 Å². The van der Waals surface area contributed by atoms with E-state index in [4.69, 9.17) is 4.74 Å². The minimum Gasteiger partial charge on any atom is -0.497 e. The Morgan fingerprint density at radius 1 is 0.923 bits per heavy atom. The van der Waals surface area contributed by atoms with Crippen LogP contribution < -0.4 is 4.74 Å². The Morgan fingerprint density at radius 3 is 2.08 bits per heavy atom. The van der Waals surface area contributed by atoms with E-state index in [0.717, 1.165) is 9.77 Å². The standard InChI is InChI=1S/C21H18O3S2/c1-13-4-6-15(7-5-13)20(23)18-12-17(21(25-3)26-18)19(22)14-8-10-16(24-2)11-9-14/h4-12H,1-3H3. The summed E-state index contributed by atoms with van der Waals surface area (Å²) in [5.41, 5.74) is 2.89. The molecule has 0 amide bonds. The number of carbonyl (C=O) groups excluding carboxylic acids is 2. The van der Waals surface area contributed by atoms with Gasteiger partial charge in [0, 0.05) is 16.7 Å². The van der Waals surface area contributed by atoms with Gasteiger partial charge in [0.1, 0.15) is 5.75 Å². The average molecular weight is 383 g/mol. The third kappa shape index (κ3) is 3.74. The van der Waals surface area contributed by atoms with Crippen LogP contribution in [0.5, 0.6) is 5.75 Å². The molecule has 132 valence electrons. The third-order valence-corrected chi connectivity index (χ3v) is 6.29. The van der Waals surface area contributed by atoms with Gasteiger partial charge < -0.3 is 4.74 Å². The van der Waals surface area contributed by atoms with Gasteiger partial charge >= 0.3 is 0 Å². The molecule has 2 aromatic carbocycles. The molecule has 3 rings (SSSR count). The van der Waals surface area contributed by atoms with Crippen molar-refractivity contribution < 1.29 is 14.3 Å². The van der Waals surface area contributed by atoms with Crippen LogP contribution in [0.4, 0.5) is 0 Å². The van der Waals surface area contributed by atoms with Gasteiger partial charge in [0.25, 0.3) is 0 Å². The van der Waals surface area contributed by atoms with E-state index in [0.29, 0.717) is 27.3 Å². The quantitative estimate of drug-likeness (QED) is 0.431. The zero-order valence-electron chi connectivity index (χ0n) is 14.7. The first-order chi connectivity index (χ1) is 12.5. The van der Waals surface area contributed by atoms with E-state index < -0.39 is 0 Å². The first-order valence-corrected chi connectivity index (χ1v) is 10.1. The Bertz CT molecular complexity index is 938. The number of methoxy groups -OCH3 is 1. The van der Waals surface area contributed by atoms with Crippen LogP contribution >= 0.6 is 23.1 Å². The largest absolute Gasteiger partial charge is 0.497 e. The summed E-state index contributed by atoms with van der Waals surface area (Å²) >= 11 is 2.85. The van der Waals surface area contributed by atoms with Crippen molar-refractivity contribution in [1.82, 2.24) is 0 Å².